The zero-order valence-corrected chi connectivity index (χ0v) is 9.60. The smallest absolute Gasteiger partial charge is 0.172 e. The van der Waals surface area contributed by atoms with Gasteiger partial charge in [0.05, 0.1) is 5.56 Å². The van der Waals surface area contributed by atoms with Crippen LogP contribution in [0.5, 0.6) is 0 Å². The van der Waals surface area contributed by atoms with E-state index in [1.54, 1.807) is 0 Å². The summed E-state index contributed by atoms with van der Waals surface area (Å²) in [4.78, 5) is 11.9. The van der Waals surface area contributed by atoms with Crippen LogP contribution >= 0.6 is 0 Å². The summed E-state index contributed by atoms with van der Waals surface area (Å²) < 4.78 is 27.2. The standard InChI is InChI=1S/C13H14F2O/c1-7-4-5-9(14)10(11(7)15)12(16)8-6-13(8,2)3/h4-5,8H,6H2,1-3H3. The number of Topliss-reactive ketones (excluding diaryl/α,β-unsaturated/α-hetero) is 1. The van der Waals surface area contributed by atoms with Gasteiger partial charge in [0.1, 0.15) is 11.6 Å². The summed E-state index contributed by atoms with van der Waals surface area (Å²) >= 11 is 0. The molecule has 1 fully saturated rings. The molecule has 1 atom stereocenters. The summed E-state index contributed by atoms with van der Waals surface area (Å²) in [7, 11) is 0. The van der Waals surface area contributed by atoms with Crippen LogP contribution in [-0.4, -0.2) is 5.78 Å². The Kier molecular flexibility index (Phi) is 2.37. The lowest BCUT2D eigenvalue weighted by molar-refractivity contribution is 0.0944. The maximum absolute atomic E-state index is 13.7. The number of carbonyl (C=O) groups is 1. The highest BCUT2D eigenvalue weighted by atomic mass is 19.1. The van der Waals surface area contributed by atoms with Gasteiger partial charge in [-0.25, -0.2) is 8.78 Å². The molecule has 0 aliphatic heterocycles. The number of ketones is 1. The molecule has 0 N–H and O–H groups in total. The van der Waals surface area contributed by atoms with Gasteiger partial charge in [0.15, 0.2) is 5.78 Å². The Morgan fingerprint density at radius 1 is 1.38 bits per heavy atom. The average Bonchev–Trinajstić information content (AvgIpc) is 2.82. The summed E-state index contributed by atoms with van der Waals surface area (Å²) in [5.41, 5.74) is -0.168. The third-order valence-corrected chi connectivity index (χ3v) is 3.36. The predicted octanol–water partition coefficient (Wildman–Crippen LogP) is 3.50. The first-order chi connectivity index (χ1) is 7.34. The summed E-state index contributed by atoms with van der Waals surface area (Å²) in [5.74, 6) is -2.11. The van der Waals surface area contributed by atoms with Crippen LogP contribution in [0.3, 0.4) is 0 Å². The highest BCUT2D eigenvalue weighted by molar-refractivity contribution is 6.00. The molecule has 2 rings (SSSR count). The molecular weight excluding hydrogens is 210 g/mol. The van der Waals surface area contributed by atoms with Crippen molar-refractivity contribution in [1.82, 2.24) is 0 Å². The Labute approximate surface area is 93.5 Å². The number of aryl methyl sites for hydroxylation is 1. The second-order valence-electron chi connectivity index (χ2n) is 5.16. The van der Waals surface area contributed by atoms with E-state index in [0.29, 0.717) is 12.0 Å². The molecule has 1 aliphatic rings. The molecule has 0 radical (unpaired) electrons. The molecule has 0 bridgehead atoms. The molecule has 86 valence electrons. The summed E-state index contributed by atoms with van der Waals surface area (Å²) in [6, 6.07) is 2.50. The topological polar surface area (TPSA) is 17.1 Å². The van der Waals surface area contributed by atoms with Crippen LogP contribution in [0.4, 0.5) is 8.78 Å². The van der Waals surface area contributed by atoms with Crippen LogP contribution in [0.15, 0.2) is 12.1 Å². The molecule has 0 amide bonds. The van der Waals surface area contributed by atoms with E-state index in [9.17, 15) is 13.6 Å². The van der Waals surface area contributed by atoms with Crippen molar-refractivity contribution in [2.45, 2.75) is 27.2 Å². The molecule has 0 heterocycles. The number of halogens is 2. The van der Waals surface area contributed by atoms with E-state index in [4.69, 9.17) is 0 Å². The fourth-order valence-corrected chi connectivity index (χ4v) is 1.97. The molecule has 3 heteroatoms. The van der Waals surface area contributed by atoms with Crippen LogP contribution in [0.25, 0.3) is 0 Å². The highest BCUT2D eigenvalue weighted by Crippen LogP contribution is 2.53. The Balaban J connectivity index is 2.41. The molecule has 1 unspecified atom stereocenters. The zero-order chi connectivity index (χ0) is 12.1. The van der Waals surface area contributed by atoms with Crippen LogP contribution in [-0.2, 0) is 0 Å². The number of carbonyl (C=O) groups excluding carboxylic acids is 1. The van der Waals surface area contributed by atoms with Crippen LogP contribution in [0.2, 0.25) is 0 Å². The van der Waals surface area contributed by atoms with Gasteiger partial charge in [0.25, 0.3) is 0 Å². The molecular formula is C13H14F2O. The van der Waals surface area contributed by atoms with Crippen LogP contribution in [0, 0.1) is 29.9 Å². The first-order valence-corrected chi connectivity index (χ1v) is 5.33. The third-order valence-electron chi connectivity index (χ3n) is 3.36. The molecule has 1 nitrogen and oxygen atoms in total. The molecule has 1 saturated carbocycles. The van der Waals surface area contributed by atoms with Crippen molar-refractivity contribution in [3.63, 3.8) is 0 Å². The van der Waals surface area contributed by atoms with Crippen molar-refractivity contribution in [1.29, 1.82) is 0 Å². The van der Waals surface area contributed by atoms with Crippen molar-refractivity contribution in [3.8, 4) is 0 Å². The third kappa shape index (κ3) is 1.64. The summed E-state index contributed by atoms with van der Waals surface area (Å²) in [6.45, 7) is 5.39. The monoisotopic (exact) mass is 224 g/mol. The largest absolute Gasteiger partial charge is 0.294 e. The Hall–Kier alpha value is -1.25. The van der Waals surface area contributed by atoms with Crippen molar-refractivity contribution < 1.29 is 13.6 Å². The van der Waals surface area contributed by atoms with Gasteiger partial charge in [-0.05, 0) is 30.4 Å². The van der Waals surface area contributed by atoms with E-state index in [-0.39, 0.29) is 16.9 Å². The molecule has 0 spiro atoms. The second kappa shape index (κ2) is 3.37. The van der Waals surface area contributed by atoms with Crippen molar-refractivity contribution in [3.05, 3.63) is 34.9 Å². The van der Waals surface area contributed by atoms with Gasteiger partial charge < -0.3 is 0 Å². The predicted molar refractivity (Wildman–Crippen MR) is 57.3 cm³/mol. The van der Waals surface area contributed by atoms with Crippen molar-refractivity contribution >= 4 is 5.78 Å². The number of rotatable bonds is 2. The van der Waals surface area contributed by atoms with E-state index in [1.165, 1.54) is 13.0 Å². The average molecular weight is 224 g/mol. The fraction of sp³-hybridized carbons (Fsp3) is 0.462. The minimum atomic E-state index is -0.754. The Bertz CT molecular complexity index is 463. The Morgan fingerprint density at radius 3 is 2.44 bits per heavy atom. The van der Waals surface area contributed by atoms with E-state index in [1.807, 2.05) is 13.8 Å². The minimum absolute atomic E-state index is 0.111. The van der Waals surface area contributed by atoms with Crippen LogP contribution < -0.4 is 0 Å². The van der Waals surface area contributed by atoms with Crippen LogP contribution in [0.1, 0.15) is 36.2 Å². The highest BCUT2D eigenvalue weighted by Gasteiger charge is 2.51. The molecule has 1 aromatic rings. The summed E-state index contributed by atoms with van der Waals surface area (Å²) in [6.07, 6.45) is 0.707. The SMILES string of the molecule is Cc1ccc(F)c(C(=O)C2CC2(C)C)c1F. The maximum atomic E-state index is 13.7. The van der Waals surface area contributed by atoms with Gasteiger partial charge in [-0.15, -0.1) is 0 Å². The van der Waals surface area contributed by atoms with Crippen molar-refractivity contribution in [2.75, 3.05) is 0 Å². The van der Waals surface area contributed by atoms with Gasteiger partial charge in [0.2, 0.25) is 0 Å². The zero-order valence-electron chi connectivity index (χ0n) is 9.60. The van der Waals surface area contributed by atoms with Gasteiger partial charge in [-0.3, -0.25) is 4.79 Å². The van der Waals surface area contributed by atoms with E-state index in [2.05, 4.69) is 0 Å². The Morgan fingerprint density at radius 2 is 1.94 bits per heavy atom. The van der Waals surface area contributed by atoms with E-state index >= 15 is 0 Å². The summed E-state index contributed by atoms with van der Waals surface area (Å²) in [5, 5.41) is 0. The number of hydrogen-bond donors (Lipinski definition) is 0. The van der Waals surface area contributed by atoms with Gasteiger partial charge in [0, 0.05) is 5.92 Å². The second-order valence-corrected chi connectivity index (χ2v) is 5.16. The normalized spacial score (nSPS) is 21.9. The quantitative estimate of drug-likeness (QED) is 0.702. The van der Waals surface area contributed by atoms with Crippen molar-refractivity contribution in [2.24, 2.45) is 11.3 Å². The van der Waals surface area contributed by atoms with Gasteiger partial charge in [-0.2, -0.15) is 0 Å². The fourth-order valence-electron chi connectivity index (χ4n) is 1.97. The van der Waals surface area contributed by atoms with Gasteiger partial charge in [-0.1, -0.05) is 19.9 Å². The van der Waals surface area contributed by atoms with E-state index < -0.39 is 17.4 Å². The van der Waals surface area contributed by atoms with Gasteiger partial charge >= 0.3 is 0 Å². The first kappa shape index (κ1) is 11.2. The molecule has 1 aliphatic carbocycles. The molecule has 1 aromatic carbocycles. The number of hydrogen-bond acceptors (Lipinski definition) is 1. The lowest BCUT2D eigenvalue weighted by Crippen LogP contribution is -2.12. The lowest BCUT2D eigenvalue weighted by Gasteiger charge is -2.07. The molecule has 16 heavy (non-hydrogen) atoms. The molecule has 0 aromatic heterocycles. The number of benzene rings is 1. The first-order valence-electron chi connectivity index (χ1n) is 5.33. The maximum Gasteiger partial charge on any atom is 0.172 e. The molecule has 0 saturated heterocycles. The minimum Gasteiger partial charge on any atom is -0.294 e. The van der Waals surface area contributed by atoms with E-state index in [0.717, 1.165) is 6.07 Å². The lowest BCUT2D eigenvalue weighted by atomic mass is 9.99.